The molecule has 0 saturated carbocycles. The van der Waals surface area contributed by atoms with E-state index in [0.717, 1.165) is 5.56 Å². The Morgan fingerprint density at radius 3 is 2.63 bits per heavy atom. The van der Waals surface area contributed by atoms with Gasteiger partial charge in [0, 0.05) is 7.11 Å². The number of rotatable bonds is 7. The first-order chi connectivity index (χ1) is 9.17. The predicted octanol–water partition coefficient (Wildman–Crippen LogP) is 0.328. The van der Waals surface area contributed by atoms with Crippen LogP contribution in [0.5, 0.6) is 11.5 Å². The highest BCUT2D eigenvalue weighted by molar-refractivity contribution is 5.82. The van der Waals surface area contributed by atoms with Crippen LogP contribution in [0.3, 0.4) is 0 Å². The molecule has 0 saturated heterocycles. The molecule has 0 aliphatic heterocycles. The van der Waals surface area contributed by atoms with Crippen molar-refractivity contribution in [3.63, 3.8) is 0 Å². The van der Waals surface area contributed by atoms with Gasteiger partial charge >= 0.3 is 0 Å². The number of benzene rings is 1. The summed E-state index contributed by atoms with van der Waals surface area (Å²) in [5.74, 6) is 1.14. The number of nitrogens with zero attached hydrogens (tertiary/aromatic N) is 2. The molecule has 0 radical (unpaired) electrons. The second kappa shape index (κ2) is 7.93. The zero-order valence-corrected chi connectivity index (χ0v) is 11.0. The van der Waals surface area contributed by atoms with Crippen LogP contribution in [0.2, 0.25) is 0 Å². The van der Waals surface area contributed by atoms with Crippen LogP contribution in [0, 0.1) is 0 Å². The molecule has 1 aromatic carbocycles. The standard InChI is InChI=1S/C12H18N4O3/c1-17-5-6-19-10-4-3-9(7-11(10)18-2)8-15-16-12(13)14/h3-4,7-8H,5-6H2,1-2H3,(H4,13,14,16). The van der Waals surface area contributed by atoms with Crippen molar-refractivity contribution in [1.29, 1.82) is 0 Å². The molecule has 0 bridgehead atoms. The molecule has 0 spiro atoms. The quantitative estimate of drug-likeness (QED) is 0.320. The maximum atomic E-state index is 5.50. The largest absolute Gasteiger partial charge is 0.493 e. The number of guanidine groups is 1. The monoisotopic (exact) mass is 266 g/mol. The molecule has 0 unspecified atom stereocenters. The van der Waals surface area contributed by atoms with Crippen molar-refractivity contribution < 1.29 is 14.2 Å². The van der Waals surface area contributed by atoms with E-state index >= 15 is 0 Å². The summed E-state index contributed by atoms with van der Waals surface area (Å²) in [6, 6.07) is 5.37. The van der Waals surface area contributed by atoms with Gasteiger partial charge in [-0.15, -0.1) is 5.10 Å². The molecule has 7 nitrogen and oxygen atoms in total. The molecule has 19 heavy (non-hydrogen) atoms. The molecular formula is C12H18N4O3. The van der Waals surface area contributed by atoms with Crippen LogP contribution in [-0.4, -0.2) is 39.6 Å². The maximum absolute atomic E-state index is 5.50. The number of hydrogen-bond acceptors (Lipinski definition) is 5. The lowest BCUT2D eigenvalue weighted by Gasteiger charge is -2.10. The number of methoxy groups -OCH3 is 2. The van der Waals surface area contributed by atoms with E-state index < -0.39 is 0 Å². The lowest BCUT2D eigenvalue weighted by Crippen LogP contribution is -2.21. The summed E-state index contributed by atoms with van der Waals surface area (Å²) < 4.78 is 15.6. The van der Waals surface area contributed by atoms with Crippen LogP contribution in [0.4, 0.5) is 0 Å². The SMILES string of the molecule is COCCOc1ccc(C=NN=C(N)N)cc1OC. The highest BCUT2D eigenvalue weighted by Gasteiger charge is 2.04. The molecule has 0 atom stereocenters. The summed E-state index contributed by atoms with van der Waals surface area (Å²) in [6.45, 7) is 0.963. The Morgan fingerprint density at radius 1 is 1.21 bits per heavy atom. The van der Waals surface area contributed by atoms with Crippen LogP contribution in [0.1, 0.15) is 5.56 Å². The average Bonchev–Trinajstić information content (AvgIpc) is 2.39. The van der Waals surface area contributed by atoms with Gasteiger partial charge in [-0.25, -0.2) is 0 Å². The van der Waals surface area contributed by atoms with Crippen molar-refractivity contribution in [3.8, 4) is 11.5 Å². The third kappa shape index (κ3) is 5.26. The summed E-state index contributed by atoms with van der Waals surface area (Å²) in [7, 11) is 3.18. The summed E-state index contributed by atoms with van der Waals surface area (Å²) in [5.41, 5.74) is 11.1. The summed E-state index contributed by atoms with van der Waals surface area (Å²) in [6.07, 6.45) is 1.52. The highest BCUT2D eigenvalue weighted by Crippen LogP contribution is 2.27. The van der Waals surface area contributed by atoms with Gasteiger partial charge in [0.05, 0.1) is 19.9 Å². The molecule has 7 heteroatoms. The number of hydrogen-bond donors (Lipinski definition) is 2. The van der Waals surface area contributed by atoms with Gasteiger partial charge in [0.2, 0.25) is 5.96 Å². The molecule has 4 N–H and O–H groups in total. The summed E-state index contributed by atoms with van der Waals surface area (Å²) in [5, 5.41) is 7.23. The van der Waals surface area contributed by atoms with Gasteiger partial charge in [-0.1, -0.05) is 0 Å². The fourth-order valence-electron chi connectivity index (χ4n) is 1.28. The molecule has 104 valence electrons. The van der Waals surface area contributed by atoms with Crippen molar-refractivity contribution >= 4 is 12.2 Å². The van der Waals surface area contributed by atoms with Gasteiger partial charge in [-0.3, -0.25) is 0 Å². The Balaban J connectivity index is 2.77. The second-order valence-electron chi connectivity index (χ2n) is 3.52. The van der Waals surface area contributed by atoms with Crippen LogP contribution in [0.25, 0.3) is 0 Å². The minimum absolute atomic E-state index is 0.0947. The van der Waals surface area contributed by atoms with E-state index in [2.05, 4.69) is 10.2 Å². The Morgan fingerprint density at radius 2 is 2.00 bits per heavy atom. The number of nitrogens with two attached hydrogens (primary N) is 2. The van der Waals surface area contributed by atoms with E-state index in [4.69, 9.17) is 25.7 Å². The third-order valence-electron chi connectivity index (χ3n) is 2.11. The normalized spacial score (nSPS) is 10.4. The van der Waals surface area contributed by atoms with Crippen molar-refractivity contribution in [2.75, 3.05) is 27.4 Å². The van der Waals surface area contributed by atoms with Gasteiger partial charge in [-0.2, -0.15) is 5.10 Å². The van der Waals surface area contributed by atoms with Crippen molar-refractivity contribution in [2.45, 2.75) is 0 Å². The first-order valence-corrected chi connectivity index (χ1v) is 5.59. The molecule has 0 heterocycles. The molecule has 0 aliphatic carbocycles. The lowest BCUT2D eigenvalue weighted by atomic mass is 10.2. The van der Waals surface area contributed by atoms with Crippen LogP contribution >= 0.6 is 0 Å². The van der Waals surface area contributed by atoms with Crippen LogP contribution in [-0.2, 0) is 4.74 Å². The highest BCUT2D eigenvalue weighted by atomic mass is 16.5. The summed E-state index contributed by atoms with van der Waals surface area (Å²) >= 11 is 0. The minimum atomic E-state index is -0.0947. The van der Waals surface area contributed by atoms with E-state index in [1.54, 1.807) is 26.4 Å². The molecule has 1 aromatic rings. The van der Waals surface area contributed by atoms with Crippen molar-refractivity contribution in [2.24, 2.45) is 21.7 Å². The average molecular weight is 266 g/mol. The molecule has 0 amide bonds. The first kappa shape index (κ1) is 14.8. The van der Waals surface area contributed by atoms with E-state index in [-0.39, 0.29) is 5.96 Å². The van der Waals surface area contributed by atoms with Gasteiger partial charge in [0.25, 0.3) is 0 Å². The van der Waals surface area contributed by atoms with E-state index in [1.165, 1.54) is 6.21 Å². The molecule has 0 fully saturated rings. The fourth-order valence-corrected chi connectivity index (χ4v) is 1.28. The van der Waals surface area contributed by atoms with E-state index in [9.17, 15) is 0 Å². The van der Waals surface area contributed by atoms with E-state index in [1.807, 2.05) is 6.07 Å². The van der Waals surface area contributed by atoms with Crippen molar-refractivity contribution in [1.82, 2.24) is 0 Å². The third-order valence-corrected chi connectivity index (χ3v) is 2.11. The smallest absolute Gasteiger partial charge is 0.211 e. The number of ether oxygens (including phenoxy) is 3. The molecule has 0 aromatic heterocycles. The second-order valence-corrected chi connectivity index (χ2v) is 3.52. The molecule has 0 aliphatic rings. The van der Waals surface area contributed by atoms with Gasteiger partial charge in [-0.05, 0) is 23.8 Å². The van der Waals surface area contributed by atoms with Crippen LogP contribution in [0.15, 0.2) is 28.4 Å². The first-order valence-electron chi connectivity index (χ1n) is 5.59. The molecule has 1 rings (SSSR count). The Hall–Kier alpha value is -2.28. The van der Waals surface area contributed by atoms with Crippen molar-refractivity contribution in [3.05, 3.63) is 23.8 Å². The van der Waals surface area contributed by atoms with Gasteiger partial charge in [0.15, 0.2) is 11.5 Å². The lowest BCUT2D eigenvalue weighted by molar-refractivity contribution is 0.144. The predicted molar refractivity (Wildman–Crippen MR) is 73.8 cm³/mol. The fraction of sp³-hybridized carbons (Fsp3) is 0.333. The topological polar surface area (TPSA) is 104 Å². The van der Waals surface area contributed by atoms with E-state index in [0.29, 0.717) is 24.7 Å². The zero-order valence-electron chi connectivity index (χ0n) is 11.0. The zero-order chi connectivity index (χ0) is 14.1. The Kier molecular flexibility index (Phi) is 6.17. The summed E-state index contributed by atoms with van der Waals surface area (Å²) in [4.78, 5) is 0. The minimum Gasteiger partial charge on any atom is -0.493 e. The Bertz CT molecular complexity index is 456. The molecular weight excluding hydrogens is 248 g/mol. The van der Waals surface area contributed by atoms with Gasteiger partial charge in [0.1, 0.15) is 6.61 Å². The Labute approximate surface area is 111 Å². The van der Waals surface area contributed by atoms with Gasteiger partial charge < -0.3 is 25.7 Å². The van der Waals surface area contributed by atoms with Crippen LogP contribution < -0.4 is 20.9 Å². The maximum Gasteiger partial charge on any atom is 0.211 e.